The first kappa shape index (κ1) is 23.2. The largest absolute Gasteiger partial charge is 0.289 e. The predicted octanol–water partition coefficient (Wildman–Crippen LogP) is 5.47. The molecule has 0 bridgehead atoms. The topological polar surface area (TPSA) is 66.6 Å². The number of amides is 1. The number of carbonyl (C=O) groups excluding carboxylic acids is 1. The van der Waals surface area contributed by atoms with Crippen LogP contribution in [0, 0.1) is 5.95 Å². The van der Waals surface area contributed by atoms with Crippen molar-refractivity contribution in [2.24, 2.45) is 4.99 Å². The lowest BCUT2D eigenvalue weighted by atomic mass is 10.1. The van der Waals surface area contributed by atoms with Crippen LogP contribution in [0.2, 0.25) is 0 Å². The zero-order chi connectivity index (χ0) is 25.8. The van der Waals surface area contributed by atoms with Crippen LogP contribution in [-0.2, 0) is 6.54 Å². The Hall–Kier alpha value is -3.98. The monoisotopic (exact) mass is 524 g/mol. The molecule has 1 saturated carbocycles. The molecule has 2 aliphatic heterocycles. The van der Waals surface area contributed by atoms with Gasteiger partial charge in [0.15, 0.2) is 5.82 Å². The molecule has 9 heteroatoms. The number of nitrogens with zero attached hydrogens (tertiary/aromatic N) is 6. The summed E-state index contributed by atoms with van der Waals surface area (Å²) in [6.07, 6.45) is 3.22. The summed E-state index contributed by atoms with van der Waals surface area (Å²) in [5, 5.41) is 5.87. The van der Waals surface area contributed by atoms with Crippen molar-refractivity contribution in [3.05, 3.63) is 89.9 Å². The summed E-state index contributed by atoms with van der Waals surface area (Å²) in [7, 11) is 1.81. The highest BCUT2D eigenvalue weighted by atomic mass is 32.2. The highest BCUT2D eigenvalue weighted by Crippen LogP contribution is 2.44. The van der Waals surface area contributed by atoms with Gasteiger partial charge in [-0.3, -0.25) is 19.3 Å². The summed E-state index contributed by atoms with van der Waals surface area (Å²) >= 11 is 1.56. The number of hydrogen-bond donors (Lipinski definition) is 0. The van der Waals surface area contributed by atoms with Gasteiger partial charge in [-0.1, -0.05) is 60.3 Å². The first-order chi connectivity index (χ1) is 18.6. The molecule has 4 heterocycles. The molecule has 0 radical (unpaired) electrons. The Balaban J connectivity index is 1.29. The average molecular weight is 525 g/mol. The van der Waals surface area contributed by atoms with E-state index in [0.29, 0.717) is 29.6 Å². The van der Waals surface area contributed by atoms with Crippen molar-refractivity contribution in [3.63, 3.8) is 0 Å². The van der Waals surface area contributed by atoms with Gasteiger partial charge in [0.05, 0.1) is 24.3 Å². The first-order valence-corrected chi connectivity index (χ1v) is 13.6. The van der Waals surface area contributed by atoms with E-state index in [-0.39, 0.29) is 18.0 Å². The number of benzene rings is 2. The quantitative estimate of drug-likeness (QED) is 0.324. The number of fused-ring (bicyclic) bond motifs is 5. The number of carbonyl (C=O) groups is 1. The van der Waals surface area contributed by atoms with Crippen molar-refractivity contribution < 1.29 is 9.18 Å². The molecule has 0 unspecified atom stereocenters. The molecule has 7 rings (SSSR count). The van der Waals surface area contributed by atoms with E-state index in [0.717, 1.165) is 40.3 Å². The van der Waals surface area contributed by atoms with Crippen molar-refractivity contribution in [3.8, 4) is 11.3 Å². The number of hydrogen-bond acceptors (Lipinski definition) is 6. The maximum atomic E-state index is 13.7. The lowest BCUT2D eigenvalue weighted by Gasteiger charge is -2.34. The zero-order valence-corrected chi connectivity index (χ0v) is 21.6. The van der Waals surface area contributed by atoms with Crippen molar-refractivity contribution in [2.45, 2.75) is 47.8 Å². The molecule has 190 valence electrons. The Morgan fingerprint density at radius 2 is 1.82 bits per heavy atom. The summed E-state index contributed by atoms with van der Waals surface area (Å²) < 4.78 is 15.6. The average Bonchev–Trinajstić information content (AvgIpc) is 3.62. The minimum atomic E-state index is -0.500. The lowest BCUT2D eigenvalue weighted by molar-refractivity contribution is 0.0861. The van der Waals surface area contributed by atoms with Crippen molar-refractivity contribution >= 4 is 29.4 Å². The fourth-order valence-corrected chi connectivity index (χ4v) is 6.62. The first-order valence-electron chi connectivity index (χ1n) is 12.8. The number of pyridine rings is 1. The van der Waals surface area contributed by atoms with Gasteiger partial charge in [0.1, 0.15) is 10.6 Å². The van der Waals surface area contributed by atoms with E-state index in [9.17, 15) is 9.18 Å². The molecule has 0 spiro atoms. The molecule has 2 aromatic carbocycles. The minimum absolute atomic E-state index is 0.0767. The predicted molar refractivity (Wildman–Crippen MR) is 145 cm³/mol. The number of rotatable bonds is 5. The highest BCUT2D eigenvalue weighted by molar-refractivity contribution is 7.99. The van der Waals surface area contributed by atoms with Crippen LogP contribution in [0.15, 0.2) is 87.7 Å². The van der Waals surface area contributed by atoms with Crippen LogP contribution in [0.1, 0.15) is 35.2 Å². The van der Waals surface area contributed by atoms with E-state index in [1.807, 2.05) is 66.3 Å². The molecular formula is C29H25FN6OS. The third-order valence-corrected chi connectivity index (χ3v) is 8.58. The van der Waals surface area contributed by atoms with Gasteiger partial charge in [0, 0.05) is 17.5 Å². The third-order valence-electron chi connectivity index (χ3n) is 7.46. The van der Waals surface area contributed by atoms with Crippen LogP contribution in [-0.4, -0.2) is 50.7 Å². The van der Waals surface area contributed by atoms with Gasteiger partial charge < -0.3 is 0 Å². The summed E-state index contributed by atoms with van der Waals surface area (Å²) in [6.45, 7) is 0.491. The van der Waals surface area contributed by atoms with Gasteiger partial charge in [-0.25, -0.2) is 9.98 Å². The molecule has 1 aliphatic carbocycles. The molecule has 0 N–H and O–H groups in total. The van der Waals surface area contributed by atoms with Gasteiger partial charge >= 0.3 is 0 Å². The normalized spacial score (nSPS) is 19.8. The molecule has 1 amide bonds. The second-order valence-corrected chi connectivity index (χ2v) is 10.9. The van der Waals surface area contributed by atoms with Crippen molar-refractivity contribution in [1.29, 1.82) is 0 Å². The molecule has 3 aliphatic rings. The van der Waals surface area contributed by atoms with E-state index in [1.54, 1.807) is 28.8 Å². The molecule has 38 heavy (non-hydrogen) atoms. The van der Waals surface area contributed by atoms with E-state index in [2.05, 4.69) is 9.88 Å². The van der Waals surface area contributed by atoms with Crippen molar-refractivity contribution in [1.82, 2.24) is 19.7 Å². The summed E-state index contributed by atoms with van der Waals surface area (Å²) in [6, 6.07) is 23.2. The fourth-order valence-electron chi connectivity index (χ4n) is 5.61. The maximum absolute atomic E-state index is 13.7. The Morgan fingerprint density at radius 3 is 2.61 bits per heavy atom. The molecule has 0 saturated heterocycles. The van der Waals surface area contributed by atoms with Crippen LogP contribution in [0.5, 0.6) is 0 Å². The molecule has 2 atom stereocenters. The van der Waals surface area contributed by atoms with Crippen LogP contribution >= 0.6 is 11.8 Å². The highest BCUT2D eigenvalue weighted by Gasteiger charge is 2.49. The van der Waals surface area contributed by atoms with Gasteiger partial charge in [-0.15, -0.1) is 0 Å². The third kappa shape index (κ3) is 3.80. The summed E-state index contributed by atoms with van der Waals surface area (Å²) in [4.78, 5) is 27.5. The lowest BCUT2D eigenvalue weighted by Crippen LogP contribution is -2.51. The van der Waals surface area contributed by atoms with Gasteiger partial charge in [-0.2, -0.15) is 9.49 Å². The second-order valence-electron chi connectivity index (χ2n) is 9.85. The molecular weight excluding hydrogens is 499 g/mol. The van der Waals surface area contributed by atoms with Crippen LogP contribution in [0.25, 0.3) is 11.3 Å². The van der Waals surface area contributed by atoms with Gasteiger partial charge in [-0.05, 0) is 49.1 Å². The number of guanidine groups is 1. The Labute approximate surface area is 224 Å². The summed E-state index contributed by atoms with van der Waals surface area (Å²) in [5.74, 6) is 0.845. The Morgan fingerprint density at radius 1 is 1.00 bits per heavy atom. The van der Waals surface area contributed by atoms with Crippen LogP contribution in [0.3, 0.4) is 0 Å². The molecule has 1 fully saturated rings. The van der Waals surface area contributed by atoms with Crippen LogP contribution in [0.4, 0.5) is 10.2 Å². The number of halogens is 1. The standard InChI is InChI=1S/C29H25FN6OS/c1-34-27(37)25-26(36-23-11-5-10-22(23)32-29(34)36)33-35(28(25)38-20-7-3-2-4-8-20)17-18-13-15-19(16-14-18)21-9-6-12-24(30)31-21/h2-4,6-9,12-16,22-23H,5,10-11,17H2,1H3/t22-,23+/m1/s1. The SMILES string of the molecule is CN1C(=O)c2c(nn(Cc3ccc(-c4cccc(F)n4)cc3)c2Sc2ccccc2)N2C1=N[C@@H]1CCC[C@@H]12. The zero-order valence-electron chi connectivity index (χ0n) is 20.8. The number of aromatic nitrogens is 3. The Kier molecular flexibility index (Phi) is 5.54. The summed E-state index contributed by atoms with van der Waals surface area (Å²) in [5.41, 5.74) is 3.09. The van der Waals surface area contributed by atoms with Crippen LogP contribution < -0.4 is 4.90 Å². The van der Waals surface area contributed by atoms with Gasteiger partial charge in [0.2, 0.25) is 11.9 Å². The molecule has 4 aromatic rings. The maximum Gasteiger partial charge on any atom is 0.266 e. The van der Waals surface area contributed by atoms with Gasteiger partial charge in [0.25, 0.3) is 5.91 Å². The van der Waals surface area contributed by atoms with E-state index in [1.165, 1.54) is 6.07 Å². The smallest absolute Gasteiger partial charge is 0.266 e. The second kappa shape index (κ2) is 9.09. The van der Waals surface area contributed by atoms with E-state index < -0.39 is 5.95 Å². The van der Waals surface area contributed by atoms with Crippen molar-refractivity contribution in [2.75, 3.05) is 11.9 Å². The fraction of sp³-hybridized carbons (Fsp3) is 0.241. The minimum Gasteiger partial charge on any atom is -0.289 e. The molecule has 2 aromatic heterocycles. The number of aliphatic imine (C=N–C) groups is 1. The number of anilines is 1. The van der Waals surface area contributed by atoms with E-state index >= 15 is 0 Å². The molecule has 7 nitrogen and oxygen atoms in total. The van der Waals surface area contributed by atoms with E-state index in [4.69, 9.17) is 10.1 Å². The Bertz CT molecular complexity index is 1570.